The quantitative estimate of drug-likeness (QED) is 0.663. The van der Waals surface area contributed by atoms with Gasteiger partial charge in [0.2, 0.25) is 5.91 Å². The fourth-order valence-corrected chi connectivity index (χ4v) is 2.20. The standard InChI is InChI=1S/C14H15BrN4O3/c1-8-4-5-12(13(6-8)19(21)22)16-14(20)10(3)18-7-11(15)9(2)17-18/h4-7,10H,1-3H3,(H,16,20). The van der Waals surface area contributed by atoms with E-state index in [9.17, 15) is 14.9 Å². The Morgan fingerprint density at radius 2 is 2.14 bits per heavy atom. The number of carbonyl (C=O) groups excluding carboxylic acids is 1. The largest absolute Gasteiger partial charge is 0.319 e. The van der Waals surface area contributed by atoms with Crippen LogP contribution in [0.5, 0.6) is 0 Å². The number of nitrogens with zero attached hydrogens (tertiary/aromatic N) is 3. The second-order valence-corrected chi connectivity index (χ2v) is 5.84. The molecule has 0 saturated carbocycles. The van der Waals surface area contributed by atoms with E-state index in [2.05, 4.69) is 26.3 Å². The fraction of sp³-hybridized carbons (Fsp3) is 0.286. The van der Waals surface area contributed by atoms with Crippen LogP contribution in [0.15, 0.2) is 28.9 Å². The molecule has 0 aliphatic rings. The molecule has 0 aliphatic carbocycles. The minimum Gasteiger partial charge on any atom is -0.319 e. The Hall–Kier alpha value is -2.22. The Morgan fingerprint density at radius 3 is 2.68 bits per heavy atom. The highest BCUT2D eigenvalue weighted by molar-refractivity contribution is 9.10. The van der Waals surface area contributed by atoms with Crippen LogP contribution >= 0.6 is 15.9 Å². The van der Waals surface area contributed by atoms with Crippen LogP contribution in [0.3, 0.4) is 0 Å². The Kier molecular flexibility index (Phi) is 4.60. The minimum absolute atomic E-state index is 0.127. The van der Waals surface area contributed by atoms with E-state index < -0.39 is 11.0 Å². The van der Waals surface area contributed by atoms with Gasteiger partial charge in [-0.25, -0.2) is 0 Å². The number of nitro groups is 1. The van der Waals surface area contributed by atoms with Crippen LogP contribution in [0.2, 0.25) is 0 Å². The molecular formula is C14H15BrN4O3. The molecule has 0 bridgehead atoms. The van der Waals surface area contributed by atoms with E-state index >= 15 is 0 Å². The van der Waals surface area contributed by atoms with Gasteiger partial charge < -0.3 is 5.32 Å². The third kappa shape index (κ3) is 3.33. The number of aryl methyl sites for hydroxylation is 2. The number of halogens is 1. The lowest BCUT2D eigenvalue weighted by atomic mass is 10.2. The first-order valence-corrected chi connectivity index (χ1v) is 7.36. The molecule has 0 radical (unpaired) electrons. The van der Waals surface area contributed by atoms with Gasteiger partial charge in [0, 0.05) is 12.3 Å². The smallest absolute Gasteiger partial charge is 0.293 e. The van der Waals surface area contributed by atoms with Gasteiger partial charge in [0.25, 0.3) is 5.69 Å². The Bertz CT molecular complexity index is 722. The zero-order valence-corrected chi connectivity index (χ0v) is 13.9. The van der Waals surface area contributed by atoms with Crippen LogP contribution in [0.25, 0.3) is 0 Å². The Labute approximate surface area is 135 Å². The molecule has 2 rings (SSSR count). The first-order valence-electron chi connectivity index (χ1n) is 6.56. The maximum Gasteiger partial charge on any atom is 0.293 e. The average molecular weight is 367 g/mol. The molecule has 22 heavy (non-hydrogen) atoms. The SMILES string of the molecule is Cc1ccc(NC(=O)C(C)n2cc(Br)c(C)n2)c([N+](=O)[O-])c1. The van der Waals surface area contributed by atoms with Crippen LogP contribution in [0.4, 0.5) is 11.4 Å². The van der Waals surface area contributed by atoms with Crippen LogP contribution in [-0.4, -0.2) is 20.6 Å². The van der Waals surface area contributed by atoms with Crippen molar-refractivity contribution in [3.05, 3.63) is 50.2 Å². The molecule has 0 spiro atoms. The molecule has 1 amide bonds. The van der Waals surface area contributed by atoms with Crippen molar-refractivity contribution >= 4 is 33.2 Å². The number of carbonyl (C=O) groups is 1. The molecule has 2 aromatic rings. The maximum absolute atomic E-state index is 12.3. The third-order valence-corrected chi connectivity index (χ3v) is 4.02. The topological polar surface area (TPSA) is 90.1 Å². The second-order valence-electron chi connectivity index (χ2n) is 4.99. The predicted molar refractivity (Wildman–Crippen MR) is 85.8 cm³/mol. The molecule has 1 heterocycles. The molecule has 116 valence electrons. The number of rotatable bonds is 4. The first kappa shape index (κ1) is 16.2. The van der Waals surface area contributed by atoms with Gasteiger partial charge in [0.15, 0.2) is 0 Å². The second kappa shape index (κ2) is 6.27. The highest BCUT2D eigenvalue weighted by Gasteiger charge is 2.21. The lowest BCUT2D eigenvalue weighted by Gasteiger charge is -2.13. The van der Waals surface area contributed by atoms with Gasteiger partial charge in [0.1, 0.15) is 11.7 Å². The summed E-state index contributed by atoms with van der Waals surface area (Å²) in [5.41, 5.74) is 1.57. The maximum atomic E-state index is 12.3. The van der Waals surface area contributed by atoms with E-state index in [0.29, 0.717) is 0 Å². The van der Waals surface area contributed by atoms with Gasteiger partial charge in [0.05, 0.1) is 15.1 Å². The van der Waals surface area contributed by atoms with Crippen molar-refractivity contribution in [2.75, 3.05) is 5.32 Å². The lowest BCUT2D eigenvalue weighted by molar-refractivity contribution is -0.384. The molecule has 1 atom stereocenters. The number of amides is 1. The summed E-state index contributed by atoms with van der Waals surface area (Å²) >= 11 is 3.33. The van der Waals surface area contributed by atoms with E-state index in [4.69, 9.17) is 0 Å². The highest BCUT2D eigenvalue weighted by atomic mass is 79.9. The van der Waals surface area contributed by atoms with Crippen LogP contribution in [-0.2, 0) is 4.79 Å². The van der Waals surface area contributed by atoms with Gasteiger partial charge in [-0.1, -0.05) is 6.07 Å². The van der Waals surface area contributed by atoms with Gasteiger partial charge >= 0.3 is 0 Å². The van der Waals surface area contributed by atoms with Crippen molar-refractivity contribution < 1.29 is 9.72 Å². The van der Waals surface area contributed by atoms with E-state index in [1.165, 1.54) is 16.8 Å². The number of nitro benzene ring substituents is 1. The summed E-state index contributed by atoms with van der Waals surface area (Å²) in [6, 6.07) is 4.07. The first-order chi connectivity index (χ1) is 10.3. The molecule has 0 fully saturated rings. The Morgan fingerprint density at radius 1 is 1.45 bits per heavy atom. The van der Waals surface area contributed by atoms with E-state index in [1.807, 2.05) is 6.92 Å². The monoisotopic (exact) mass is 366 g/mol. The van der Waals surface area contributed by atoms with Crippen molar-refractivity contribution in [3.8, 4) is 0 Å². The molecule has 7 nitrogen and oxygen atoms in total. The molecule has 1 N–H and O–H groups in total. The normalized spacial score (nSPS) is 12.0. The minimum atomic E-state index is -0.592. The van der Waals surface area contributed by atoms with Crippen LogP contribution < -0.4 is 5.32 Å². The van der Waals surface area contributed by atoms with Crippen molar-refractivity contribution in [3.63, 3.8) is 0 Å². The molecule has 0 aliphatic heterocycles. The Balaban J connectivity index is 2.23. The molecular weight excluding hydrogens is 352 g/mol. The summed E-state index contributed by atoms with van der Waals surface area (Å²) in [5, 5.41) is 17.9. The molecule has 0 saturated heterocycles. The van der Waals surface area contributed by atoms with E-state index in [1.54, 1.807) is 26.1 Å². The number of hydrogen-bond acceptors (Lipinski definition) is 4. The number of nitrogens with one attached hydrogen (secondary N) is 1. The summed E-state index contributed by atoms with van der Waals surface area (Å²) in [4.78, 5) is 22.8. The van der Waals surface area contributed by atoms with E-state index in [-0.39, 0.29) is 17.3 Å². The highest BCUT2D eigenvalue weighted by Crippen LogP contribution is 2.26. The lowest BCUT2D eigenvalue weighted by Crippen LogP contribution is -2.24. The van der Waals surface area contributed by atoms with Gasteiger partial charge in [-0.15, -0.1) is 0 Å². The molecule has 8 heteroatoms. The summed E-state index contributed by atoms with van der Waals surface area (Å²) in [6.07, 6.45) is 1.70. The van der Waals surface area contributed by atoms with Crippen LogP contribution in [0, 0.1) is 24.0 Å². The molecule has 1 unspecified atom stereocenters. The van der Waals surface area contributed by atoms with Crippen molar-refractivity contribution in [2.45, 2.75) is 26.8 Å². The predicted octanol–water partition coefficient (Wildman–Crippen LogP) is 3.37. The van der Waals surface area contributed by atoms with Crippen molar-refractivity contribution in [1.29, 1.82) is 0 Å². The zero-order valence-electron chi connectivity index (χ0n) is 12.3. The number of hydrogen-bond donors (Lipinski definition) is 1. The average Bonchev–Trinajstić information content (AvgIpc) is 2.79. The number of benzene rings is 1. The summed E-state index contributed by atoms with van der Waals surface area (Å²) in [7, 11) is 0. The molecule has 1 aromatic carbocycles. The van der Waals surface area contributed by atoms with Crippen molar-refractivity contribution in [1.82, 2.24) is 9.78 Å². The third-order valence-electron chi connectivity index (χ3n) is 3.24. The van der Waals surface area contributed by atoms with Crippen LogP contribution in [0.1, 0.15) is 24.2 Å². The zero-order chi connectivity index (χ0) is 16.4. The van der Waals surface area contributed by atoms with Gasteiger partial charge in [-0.3, -0.25) is 19.6 Å². The number of aromatic nitrogens is 2. The van der Waals surface area contributed by atoms with Gasteiger partial charge in [-0.05, 0) is 48.3 Å². The summed E-state index contributed by atoms with van der Waals surface area (Å²) in [5.74, 6) is -0.373. The van der Waals surface area contributed by atoms with E-state index in [0.717, 1.165) is 15.7 Å². The number of anilines is 1. The summed E-state index contributed by atoms with van der Waals surface area (Å²) in [6.45, 7) is 5.25. The molecule has 1 aromatic heterocycles. The van der Waals surface area contributed by atoms with Crippen molar-refractivity contribution in [2.24, 2.45) is 0 Å². The fourth-order valence-electron chi connectivity index (χ4n) is 1.91. The van der Waals surface area contributed by atoms with Gasteiger partial charge in [-0.2, -0.15) is 5.10 Å². The summed E-state index contributed by atoms with van der Waals surface area (Å²) < 4.78 is 2.31.